The molecule has 20 unspecified atom stereocenters. The third-order valence-electron chi connectivity index (χ3n) is 24.2. The van der Waals surface area contributed by atoms with Crippen molar-refractivity contribution < 1.29 is 157 Å². The molecule has 20 atom stereocenters. The molecule has 700 valence electrons. The maximum Gasteiger partial charge on any atom is 0.344 e. The Balaban J connectivity index is -0.00000141. The fourth-order valence-electron chi connectivity index (χ4n) is 15.2. The highest BCUT2D eigenvalue weighted by Gasteiger charge is 2.71. The van der Waals surface area contributed by atoms with Crippen molar-refractivity contribution in [1.29, 1.82) is 0 Å². The second-order valence-corrected chi connectivity index (χ2v) is 33.8. The molecule has 0 amide bonds. The Hall–Kier alpha value is -8.52. The molecule has 0 aromatic carbocycles. The first-order valence-electron chi connectivity index (χ1n) is 38.5. The third kappa shape index (κ3) is 27.2. The highest BCUT2D eigenvalue weighted by Crippen LogP contribution is 2.59. The monoisotopic (exact) mass is 1740 g/mol. The predicted octanol–water partition coefficient (Wildman–Crippen LogP) is 12.5. The minimum Gasteiger partial charge on any atom is -0.469 e. The number of esters is 16. The number of rotatable bonds is 26. The molecule has 121 heavy (non-hydrogen) atoms. The first kappa shape index (κ1) is 117. The van der Waals surface area contributed by atoms with Crippen LogP contribution in [0.2, 0.25) is 0 Å². The second-order valence-electron chi connectivity index (χ2n) is 33.8. The van der Waals surface area contributed by atoms with E-state index in [-0.39, 0.29) is 184 Å². The van der Waals surface area contributed by atoms with Crippen molar-refractivity contribution in [2.45, 2.75) is 342 Å². The summed E-state index contributed by atoms with van der Waals surface area (Å²) in [5.74, 6) is -8.88. The Kier molecular flexibility index (Phi) is 45.7. The van der Waals surface area contributed by atoms with Crippen molar-refractivity contribution in [2.75, 3.05) is 46.8 Å². The van der Waals surface area contributed by atoms with Crippen LogP contribution < -0.4 is 0 Å². The standard InChI is InChI=1S/C18H24O8.C16H22O6.C15H20O7.C15H22O6.C14H22O6.10CH4/c1-5-18(2,3)17(22)24-7-10(19)25-13-8-6-9-12(11(8)15(20)23-4)16(21)26-14(9)13;1-4-16(2,3)15(19)20-7-11(17)21-12-8-5-9-10(6-8)14(18)22-13(9)12;1-4-15(2,3)14(18)19-6-9(16)21-11-8-5-7-10(20-8)12(11)22-13(7)17;1-4-15(2,3)14(18)19-8-12(16)20-10-6-5-9-7-11(10)21-13(9)17;1-5-13(2,3)12(17)19-9-11(16)20-14(4)6-7-18-10(15)8-14;;;;;;;;;;/h8-9,11-14H,5-7H2,1-4H3;8-10,12-13H,4-7H2,1-3H3;7-8,10-12H,4-6H2,1-3H3;9-11H,4-8H2,1-3H3;5-9H2,1-4H3;10*1H4. The highest BCUT2D eigenvalue weighted by atomic mass is 16.7. The maximum atomic E-state index is 12.1. The van der Waals surface area contributed by atoms with E-state index in [2.05, 4.69) is 0 Å². The number of hydrogen-bond acceptors (Lipinski definition) is 33. The minimum atomic E-state index is -0.876. The van der Waals surface area contributed by atoms with Crippen LogP contribution in [0.1, 0.15) is 275 Å². The van der Waals surface area contributed by atoms with Gasteiger partial charge in [-0.05, 0) is 147 Å². The van der Waals surface area contributed by atoms with Crippen LogP contribution in [-0.2, 0) is 157 Å². The van der Waals surface area contributed by atoms with Gasteiger partial charge in [0.15, 0.2) is 45.2 Å². The van der Waals surface area contributed by atoms with Crippen LogP contribution in [0.5, 0.6) is 0 Å². The average Bonchev–Trinajstić information content (AvgIpc) is 1.55. The van der Waals surface area contributed by atoms with Crippen molar-refractivity contribution in [3.63, 3.8) is 0 Å². The van der Waals surface area contributed by atoms with Crippen LogP contribution in [0.3, 0.4) is 0 Å². The summed E-state index contributed by atoms with van der Waals surface area (Å²) in [4.78, 5) is 188. The summed E-state index contributed by atoms with van der Waals surface area (Å²) in [5.41, 5.74) is -4.04. The molecule has 0 aromatic heterocycles. The molecule has 5 saturated carbocycles. The lowest BCUT2D eigenvalue weighted by atomic mass is 9.78. The van der Waals surface area contributed by atoms with E-state index >= 15 is 0 Å². The Morgan fingerprint density at radius 3 is 1.26 bits per heavy atom. The van der Waals surface area contributed by atoms with Crippen molar-refractivity contribution in [3.05, 3.63) is 0 Å². The molecule has 12 aliphatic rings. The summed E-state index contributed by atoms with van der Waals surface area (Å²) in [6.07, 6.45) is 3.70. The molecule has 7 aliphatic heterocycles. The Morgan fingerprint density at radius 2 is 0.810 bits per heavy atom. The predicted molar refractivity (Wildman–Crippen MR) is 441 cm³/mol. The number of cyclic esters (lactones) is 1. The van der Waals surface area contributed by atoms with Gasteiger partial charge in [-0.15, -0.1) is 0 Å². The molecule has 33 heteroatoms. The van der Waals surface area contributed by atoms with Gasteiger partial charge in [0.05, 0.1) is 82.9 Å². The smallest absolute Gasteiger partial charge is 0.344 e. The minimum absolute atomic E-state index is 0. The normalized spacial score (nSPS) is 28.9. The lowest BCUT2D eigenvalue weighted by molar-refractivity contribution is -0.182. The SMILES string of the molecule is C.C.C.C.C.C.C.C.C.C.CCC(C)(C)C(=O)OCC(=O)OC1(C)CCOC(=O)C1.CCC(C)(C)C(=O)OCC(=O)OC1C2CC3C(=O)OC1C3C2.CCC(C)(C)C(=O)OCC(=O)OC1C2CC3C(=O)OC1C3O2.CCC(C)(C)C(=O)OCC(=O)OC1C2CC3C1OC(=O)C3C2C(=O)OC.CCC(C)(C)C(=O)OCC(=O)OC1CCC2CC1OC2=O. The van der Waals surface area contributed by atoms with E-state index in [9.17, 15) is 76.7 Å². The number of fused-ring (bicyclic) bond motifs is 5. The number of ether oxygens (including phenoxy) is 17. The van der Waals surface area contributed by atoms with Gasteiger partial charge in [-0.2, -0.15) is 0 Å². The van der Waals surface area contributed by atoms with Crippen LogP contribution in [-0.4, -0.2) is 209 Å². The van der Waals surface area contributed by atoms with Gasteiger partial charge in [0.1, 0.15) is 48.3 Å². The lowest BCUT2D eigenvalue weighted by Gasteiger charge is -2.32. The van der Waals surface area contributed by atoms with E-state index < -0.39 is 179 Å². The summed E-state index contributed by atoms with van der Waals surface area (Å²) in [6, 6.07) is 0. The summed E-state index contributed by atoms with van der Waals surface area (Å²) in [7, 11) is 1.27. The first-order valence-corrected chi connectivity index (χ1v) is 38.5. The zero-order chi connectivity index (χ0) is 82.4. The van der Waals surface area contributed by atoms with Gasteiger partial charge < -0.3 is 80.5 Å². The molecular weight excluding hydrogens is 1580 g/mol. The summed E-state index contributed by atoms with van der Waals surface area (Å²) >= 11 is 0. The Bertz CT molecular complexity index is 3460. The summed E-state index contributed by atoms with van der Waals surface area (Å²) < 4.78 is 87.9. The zero-order valence-electron chi connectivity index (χ0n) is 66.6. The lowest BCUT2D eigenvalue weighted by Crippen LogP contribution is -2.44. The fraction of sp³-hybridized carbons (Fsp3) is 0.818. The molecule has 33 nitrogen and oxygen atoms in total. The van der Waals surface area contributed by atoms with Gasteiger partial charge >= 0.3 is 95.5 Å². The van der Waals surface area contributed by atoms with Crippen molar-refractivity contribution in [2.24, 2.45) is 80.3 Å². The molecule has 12 rings (SSSR count). The maximum absolute atomic E-state index is 12.1. The van der Waals surface area contributed by atoms with E-state index in [1.807, 2.05) is 34.6 Å². The highest BCUT2D eigenvalue weighted by molar-refractivity contribution is 5.87. The van der Waals surface area contributed by atoms with Gasteiger partial charge in [0.25, 0.3) is 0 Å². The first-order chi connectivity index (χ1) is 51.9. The molecule has 0 N–H and O–H groups in total. The van der Waals surface area contributed by atoms with Crippen LogP contribution in [0.25, 0.3) is 0 Å². The number of carbonyl (C=O) groups is 16. The fourth-order valence-corrected chi connectivity index (χ4v) is 15.2. The average molecular weight is 1740 g/mol. The second kappa shape index (κ2) is 47.4. The van der Waals surface area contributed by atoms with Crippen LogP contribution >= 0.6 is 0 Å². The molecule has 12 fully saturated rings. The summed E-state index contributed by atoms with van der Waals surface area (Å²) in [6.45, 7) is 26.6. The van der Waals surface area contributed by atoms with E-state index in [0.29, 0.717) is 70.6 Å². The summed E-state index contributed by atoms with van der Waals surface area (Å²) in [5, 5.41) is 0. The number of methoxy groups -OCH3 is 1. The van der Waals surface area contributed by atoms with Gasteiger partial charge in [-0.25, -0.2) is 24.0 Å². The number of carbonyl (C=O) groups excluding carboxylic acids is 16. The molecule has 7 saturated heterocycles. The quantitative estimate of drug-likeness (QED) is 0.0573. The molecule has 0 aromatic rings. The third-order valence-corrected chi connectivity index (χ3v) is 24.2. The van der Waals surface area contributed by atoms with E-state index in [0.717, 1.165) is 12.8 Å². The van der Waals surface area contributed by atoms with E-state index in [4.69, 9.17) is 80.5 Å². The molecule has 7 heterocycles. The van der Waals surface area contributed by atoms with Crippen molar-refractivity contribution in [3.8, 4) is 0 Å². The Labute approximate surface area is 718 Å². The van der Waals surface area contributed by atoms with Crippen LogP contribution in [0.15, 0.2) is 0 Å². The van der Waals surface area contributed by atoms with Gasteiger partial charge in [-0.3, -0.25) is 52.7 Å². The molecule has 5 aliphatic carbocycles. The zero-order valence-corrected chi connectivity index (χ0v) is 66.6. The topological polar surface area (TPSA) is 430 Å². The van der Waals surface area contributed by atoms with Gasteiger partial charge in [0, 0.05) is 36.5 Å². The molecule has 8 bridgehead atoms. The van der Waals surface area contributed by atoms with Crippen molar-refractivity contribution >= 4 is 95.5 Å². The molecule has 0 radical (unpaired) electrons. The van der Waals surface area contributed by atoms with Gasteiger partial charge in [0.2, 0.25) is 0 Å². The van der Waals surface area contributed by atoms with Crippen LogP contribution in [0.4, 0.5) is 0 Å². The van der Waals surface area contributed by atoms with Crippen LogP contribution in [0, 0.1) is 80.3 Å². The largest absolute Gasteiger partial charge is 0.469 e. The molecule has 0 spiro atoms. The van der Waals surface area contributed by atoms with Gasteiger partial charge in [-0.1, -0.05) is 109 Å². The Morgan fingerprint density at radius 1 is 0.405 bits per heavy atom. The number of hydrogen-bond donors (Lipinski definition) is 0. The van der Waals surface area contributed by atoms with Crippen molar-refractivity contribution in [1.82, 2.24) is 0 Å². The van der Waals surface area contributed by atoms with E-state index in [1.54, 1.807) is 76.2 Å². The molecular formula is C88H150O33. The van der Waals surface area contributed by atoms with E-state index in [1.165, 1.54) is 7.11 Å².